The molecule has 1 unspecified atom stereocenters. The van der Waals surface area contributed by atoms with Crippen LogP contribution < -0.4 is 5.73 Å². The van der Waals surface area contributed by atoms with Gasteiger partial charge in [0, 0.05) is 16.6 Å². The van der Waals surface area contributed by atoms with Crippen LogP contribution in [0.1, 0.15) is 22.7 Å². The third-order valence-electron chi connectivity index (χ3n) is 2.92. The van der Waals surface area contributed by atoms with Gasteiger partial charge < -0.3 is 5.73 Å². The highest BCUT2D eigenvalue weighted by molar-refractivity contribution is 6.30. The standard InChI is InChI=1S/C15H15ClFN/c1-10-2-7-13(14(17)8-10)15(18)9-11-3-5-12(16)6-4-11/h2-8,15H,9,18H2,1H3. The molecule has 18 heavy (non-hydrogen) atoms. The molecular weight excluding hydrogens is 249 g/mol. The number of hydrogen-bond donors (Lipinski definition) is 1. The van der Waals surface area contributed by atoms with Crippen molar-refractivity contribution < 1.29 is 4.39 Å². The van der Waals surface area contributed by atoms with Gasteiger partial charge >= 0.3 is 0 Å². The normalized spacial score (nSPS) is 12.4. The second-order valence-corrected chi connectivity index (χ2v) is 4.90. The molecule has 0 saturated carbocycles. The number of benzene rings is 2. The Morgan fingerprint density at radius 2 is 1.83 bits per heavy atom. The van der Waals surface area contributed by atoms with Crippen LogP contribution in [0.4, 0.5) is 4.39 Å². The highest BCUT2D eigenvalue weighted by atomic mass is 35.5. The molecule has 0 heterocycles. The minimum absolute atomic E-state index is 0.239. The maximum absolute atomic E-state index is 13.8. The van der Waals surface area contributed by atoms with Crippen LogP contribution in [0.25, 0.3) is 0 Å². The predicted molar refractivity (Wildman–Crippen MR) is 73.2 cm³/mol. The Labute approximate surface area is 111 Å². The lowest BCUT2D eigenvalue weighted by molar-refractivity contribution is 0.579. The Morgan fingerprint density at radius 1 is 1.17 bits per heavy atom. The van der Waals surface area contributed by atoms with Gasteiger partial charge in [-0.1, -0.05) is 35.9 Å². The molecule has 0 spiro atoms. The van der Waals surface area contributed by atoms with Crippen LogP contribution in [-0.4, -0.2) is 0 Å². The summed E-state index contributed by atoms with van der Waals surface area (Å²) in [6.07, 6.45) is 0.594. The Hall–Kier alpha value is -1.38. The van der Waals surface area contributed by atoms with E-state index in [0.29, 0.717) is 17.0 Å². The highest BCUT2D eigenvalue weighted by Crippen LogP contribution is 2.21. The van der Waals surface area contributed by atoms with Crippen LogP contribution in [0.2, 0.25) is 5.02 Å². The third-order valence-corrected chi connectivity index (χ3v) is 3.18. The minimum atomic E-state index is -0.341. The van der Waals surface area contributed by atoms with Gasteiger partial charge in [-0.05, 0) is 42.7 Å². The first-order valence-electron chi connectivity index (χ1n) is 5.82. The zero-order valence-corrected chi connectivity index (χ0v) is 10.9. The van der Waals surface area contributed by atoms with Gasteiger partial charge in [-0.2, -0.15) is 0 Å². The SMILES string of the molecule is Cc1ccc(C(N)Cc2ccc(Cl)cc2)c(F)c1. The van der Waals surface area contributed by atoms with E-state index in [0.717, 1.165) is 11.1 Å². The lowest BCUT2D eigenvalue weighted by atomic mass is 9.98. The van der Waals surface area contributed by atoms with E-state index in [1.807, 2.05) is 37.3 Å². The van der Waals surface area contributed by atoms with Crippen LogP contribution in [-0.2, 0) is 6.42 Å². The van der Waals surface area contributed by atoms with Crippen molar-refractivity contribution in [2.24, 2.45) is 5.73 Å². The Bertz CT molecular complexity index is 537. The zero-order chi connectivity index (χ0) is 13.1. The fraction of sp³-hybridized carbons (Fsp3) is 0.200. The number of hydrogen-bond acceptors (Lipinski definition) is 1. The van der Waals surface area contributed by atoms with E-state index in [-0.39, 0.29) is 11.9 Å². The molecule has 1 nitrogen and oxygen atoms in total. The molecule has 0 aliphatic heterocycles. The van der Waals surface area contributed by atoms with Crippen LogP contribution >= 0.6 is 11.6 Å². The molecule has 2 rings (SSSR count). The van der Waals surface area contributed by atoms with E-state index in [4.69, 9.17) is 17.3 Å². The smallest absolute Gasteiger partial charge is 0.128 e. The summed E-state index contributed by atoms with van der Waals surface area (Å²) >= 11 is 5.82. The van der Waals surface area contributed by atoms with Crippen molar-refractivity contribution in [3.63, 3.8) is 0 Å². The summed E-state index contributed by atoms with van der Waals surface area (Å²) < 4.78 is 13.8. The van der Waals surface area contributed by atoms with Gasteiger partial charge in [0.05, 0.1) is 0 Å². The molecule has 0 aliphatic rings. The maximum atomic E-state index is 13.8. The minimum Gasteiger partial charge on any atom is -0.324 e. The Balaban J connectivity index is 2.16. The molecule has 0 aromatic heterocycles. The highest BCUT2D eigenvalue weighted by Gasteiger charge is 2.12. The number of aryl methyl sites for hydroxylation is 1. The molecule has 1 atom stereocenters. The topological polar surface area (TPSA) is 26.0 Å². The summed E-state index contributed by atoms with van der Waals surface area (Å²) in [4.78, 5) is 0. The second-order valence-electron chi connectivity index (χ2n) is 4.46. The number of rotatable bonds is 3. The van der Waals surface area contributed by atoms with Gasteiger partial charge in [0.1, 0.15) is 5.82 Å². The molecule has 0 saturated heterocycles. The van der Waals surface area contributed by atoms with E-state index < -0.39 is 0 Å². The average molecular weight is 264 g/mol. The van der Waals surface area contributed by atoms with E-state index in [9.17, 15) is 4.39 Å². The molecule has 2 aromatic rings. The molecule has 0 bridgehead atoms. The predicted octanol–water partition coefficient (Wildman–Crippen LogP) is 4.03. The summed E-state index contributed by atoms with van der Waals surface area (Å²) in [5, 5.41) is 0.689. The molecule has 0 fully saturated rings. The molecule has 0 aliphatic carbocycles. The van der Waals surface area contributed by atoms with E-state index >= 15 is 0 Å². The fourth-order valence-electron chi connectivity index (χ4n) is 1.92. The van der Waals surface area contributed by atoms with Gasteiger partial charge in [0.25, 0.3) is 0 Å². The quantitative estimate of drug-likeness (QED) is 0.889. The lowest BCUT2D eigenvalue weighted by Crippen LogP contribution is -2.15. The summed E-state index contributed by atoms with van der Waals surface area (Å²) in [6.45, 7) is 1.86. The van der Waals surface area contributed by atoms with Crippen LogP contribution in [0.15, 0.2) is 42.5 Å². The molecule has 94 valence electrons. The van der Waals surface area contributed by atoms with Gasteiger partial charge in [0.2, 0.25) is 0 Å². The first-order chi connectivity index (χ1) is 8.56. The molecular formula is C15H15ClFN. The second kappa shape index (κ2) is 5.51. The van der Waals surface area contributed by atoms with Crippen molar-refractivity contribution in [1.82, 2.24) is 0 Å². The van der Waals surface area contributed by atoms with Crippen molar-refractivity contribution in [1.29, 1.82) is 0 Å². The van der Waals surface area contributed by atoms with E-state index in [1.165, 1.54) is 6.07 Å². The maximum Gasteiger partial charge on any atom is 0.128 e. The Morgan fingerprint density at radius 3 is 2.44 bits per heavy atom. The van der Waals surface area contributed by atoms with Crippen LogP contribution in [0.3, 0.4) is 0 Å². The first-order valence-corrected chi connectivity index (χ1v) is 6.20. The monoisotopic (exact) mass is 263 g/mol. The summed E-state index contributed by atoms with van der Waals surface area (Å²) in [5.41, 5.74) is 8.54. The molecule has 0 radical (unpaired) electrons. The van der Waals surface area contributed by atoms with Crippen molar-refractivity contribution in [2.75, 3.05) is 0 Å². The molecule has 2 N–H and O–H groups in total. The summed E-state index contributed by atoms with van der Waals surface area (Å²) in [5.74, 6) is -0.239. The Kier molecular flexibility index (Phi) is 4.00. The third kappa shape index (κ3) is 3.09. The van der Waals surface area contributed by atoms with E-state index in [2.05, 4.69) is 0 Å². The van der Waals surface area contributed by atoms with Crippen molar-refractivity contribution in [2.45, 2.75) is 19.4 Å². The van der Waals surface area contributed by atoms with Crippen LogP contribution in [0, 0.1) is 12.7 Å². The van der Waals surface area contributed by atoms with Gasteiger partial charge in [-0.3, -0.25) is 0 Å². The summed E-state index contributed by atoms with van der Waals surface area (Å²) in [6, 6.07) is 12.3. The molecule has 3 heteroatoms. The zero-order valence-electron chi connectivity index (χ0n) is 10.2. The van der Waals surface area contributed by atoms with Gasteiger partial charge in [-0.15, -0.1) is 0 Å². The number of nitrogens with two attached hydrogens (primary N) is 1. The molecule has 0 amide bonds. The number of halogens is 2. The van der Waals surface area contributed by atoms with Gasteiger partial charge in [0.15, 0.2) is 0 Å². The first kappa shape index (κ1) is 13.1. The largest absolute Gasteiger partial charge is 0.324 e. The van der Waals surface area contributed by atoms with Crippen LogP contribution in [0.5, 0.6) is 0 Å². The van der Waals surface area contributed by atoms with E-state index in [1.54, 1.807) is 6.07 Å². The summed E-state index contributed by atoms with van der Waals surface area (Å²) in [7, 11) is 0. The molecule has 2 aromatic carbocycles. The van der Waals surface area contributed by atoms with Crippen molar-refractivity contribution in [3.8, 4) is 0 Å². The van der Waals surface area contributed by atoms with Gasteiger partial charge in [-0.25, -0.2) is 4.39 Å². The lowest BCUT2D eigenvalue weighted by Gasteiger charge is -2.13. The van der Waals surface area contributed by atoms with Crippen molar-refractivity contribution >= 4 is 11.6 Å². The van der Waals surface area contributed by atoms with Crippen molar-refractivity contribution in [3.05, 3.63) is 70.0 Å². The fourth-order valence-corrected chi connectivity index (χ4v) is 2.04. The average Bonchev–Trinajstić information content (AvgIpc) is 2.32.